The van der Waals surface area contributed by atoms with Gasteiger partial charge in [0.25, 0.3) is 0 Å². The maximum absolute atomic E-state index is 14.4. The topological polar surface area (TPSA) is 81.3 Å². The first-order chi connectivity index (χ1) is 19.4. The predicted molar refractivity (Wildman–Crippen MR) is 161 cm³/mol. The predicted octanol–water partition coefficient (Wildman–Crippen LogP) is 6.71. The van der Waals surface area contributed by atoms with Crippen LogP contribution in [0.4, 0.5) is 5.69 Å². The van der Waals surface area contributed by atoms with Crippen LogP contribution in [0.5, 0.6) is 0 Å². The summed E-state index contributed by atoms with van der Waals surface area (Å²) in [6.07, 6.45) is 0. The fourth-order valence-electron chi connectivity index (χ4n) is 5.29. The van der Waals surface area contributed by atoms with Crippen molar-refractivity contribution >= 4 is 45.3 Å². The van der Waals surface area contributed by atoms with Crippen molar-refractivity contribution in [2.24, 2.45) is 5.92 Å². The fourth-order valence-corrected chi connectivity index (χ4v) is 7.26. The van der Waals surface area contributed by atoms with Crippen molar-refractivity contribution < 1.29 is 14.1 Å². The average Bonchev–Trinajstić information content (AvgIpc) is 3.54. The van der Waals surface area contributed by atoms with Gasteiger partial charge in [0.05, 0.1) is 18.5 Å². The molecule has 0 radical (unpaired) electrons. The summed E-state index contributed by atoms with van der Waals surface area (Å²) >= 11 is -0.149. The molecule has 3 aromatic carbocycles. The highest BCUT2D eigenvalue weighted by Gasteiger charge is 2.34. The summed E-state index contributed by atoms with van der Waals surface area (Å²) in [5.74, 6) is -0.336. The number of thiophene rings is 1. The Morgan fingerprint density at radius 3 is 2.52 bits per heavy atom. The molecule has 1 unspecified atom stereocenters. The van der Waals surface area contributed by atoms with Gasteiger partial charge in [0.15, 0.2) is 4.90 Å². The van der Waals surface area contributed by atoms with Crippen LogP contribution in [0.15, 0.2) is 83.1 Å². The molecule has 0 bridgehead atoms. The molecule has 5 aromatic rings. The lowest BCUT2D eigenvalue weighted by atomic mass is 9.96. The third-order valence-corrected chi connectivity index (χ3v) is 9.61. The monoisotopic (exact) mass is 565 g/mol. The Morgan fingerprint density at radius 2 is 1.80 bits per heavy atom. The number of hydrogen-bond donors (Lipinski definition) is 0. The van der Waals surface area contributed by atoms with E-state index in [9.17, 15) is 14.6 Å². The van der Waals surface area contributed by atoms with E-state index in [0.717, 1.165) is 50.1 Å². The Morgan fingerprint density at radius 1 is 1.05 bits per heavy atom. The molecule has 8 heteroatoms. The maximum atomic E-state index is 14.4. The van der Waals surface area contributed by atoms with Gasteiger partial charge in [-0.25, -0.2) is 0 Å². The van der Waals surface area contributed by atoms with E-state index in [1.807, 2.05) is 83.9 Å². The van der Waals surface area contributed by atoms with E-state index < -0.39 is 11.4 Å². The summed E-state index contributed by atoms with van der Waals surface area (Å²) in [4.78, 5) is 15.4. The van der Waals surface area contributed by atoms with Crippen LogP contribution in [0.1, 0.15) is 16.0 Å². The lowest BCUT2D eigenvalue weighted by Crippen LogP contribution is -2.50. The smallest absolute Gasteiger partial charge is 0.312 e. The zero-order chi connectivity index (χ0) is 28.0. The second-order valence-corrected chi connectivity index (χ2v) is 12.3. The van der Waals surface area contributed by atoms with Gasteiger partial charge in [-0.3, -0.25) is 4.79 Å². The number of anilines is 1. The minimum Gasteiger partial charge on any atom is -0.587 e. The van der Waals surface area contributed by atoms with Crippen molar-refractivity contribution in [2.45, 2.75) is 18.7 Å². The van der Waals surface area contributed by atoms with E-state index in [1.165, 1.54) is 18.4 Å². The average molecular weight is 566 g/mol. The van der Waals surface area contributed by atoms with Gasteiger partial charge in [-0.05, 0) is 61.7 Å². The first-order valence-electron chi connectivity index (χ1n) is 12.9. The minimum absolute atomic E-state index is 0.142. The van der Waals surface area contributed by atoms with Gasteiger partial charge >= 0.3 is 5.97 Å². The quantitative estimate of drug-likeness (QED) is 0.169. The summed E-state index contributed by atoms with van der Waals surface area (Å²) in [6.45, 7) is 5.22. The summed E-state index contributed by atoms with van der Waals surface area (Å²) < 4.78 is 21.2. The van der Waals surface area contributed by atoms with E-state index in [4.69, 9.17) is 4.74 Å². The number of methoxy groups -OCH3 is 1. The molecule has 0 saturated carbocycles. The molecule has 40 heavy (non-hydrogen) atoms. The largest absolute Gasteiger partial charge is 0.587 e. The van der Waals surface area contributed by atoms with Crippen molar-refractivity contribution in [1.82, 2.24) is 3.97 Å². The molecule has 0 aliphatic carbocycles. The lowest BCUT2D eigenvalue weighted by Gasteiger charge is -2.39. The number of nitriles is 1. The van der Waals surface area contributed by atoms with E-state index in [1.54, 1.807) is 0 Å². The molecular formula is C32H27N3O3S2. The molecule has 6 nitrogen and oxygen atoms in total. The first kappa shape index (κ1) is 26.2. The molecular weight excluding hydrogens is 539 g/mol. The Labute approximate surface area is 240 Å². The highest BCUT2D eigenvalue weighted by molar-refractivity contribution is 7.90. The van der Waals surface area contributed by atoms with Crippen molar-refractivity contribution in [1.29, 1.82) is 5.26 Å². The van der Waals surface area contributed by atoms with Gasteiger partial charge in [0.2, 0.25) is 0 Å². The van der Waals surface area contributed by atoms with Crippen LogP contribution in [-0.2, 0) is 20.9 Å². The number of nitrogens with zero attached hydrogens (tertiary/aromatic N) is 3. The number of ether oxygens (including phenoxy) is 1. The number of aryl methyl sites for hydroxylation is 2. The van der Waals surface area contributed by atoms with Crippen molar-refractivity contribution in [2.75, 3.05) is 25.1 Å². The number of aromatic nitrogens is 1. The number of carbonyl (C=O) groups is 1. The van der Waals surface area contributed by atoms with Crippen LogP contribution in [0.25, 0.3) is 33.3 Å². The maximum Gasteiger partial charge on any atom is 0.312 e. The van der Waals surface area contributed by atoms with Crippen LogP contribution >= 0.6 is 11.3 Å². The molecule has 3 heterocycles. The summed E-state index contributed by atoms with van der Waals surface area (Å²) in [6, 6.07) is 26.4. The van der Waals surface area contributed by atoms with Gasteiger partial charge < -0.3 is 14.2 Å². The van der Waals surface area contributed by atoms with Crippen molar-refractivity contribution in [3.8, 4) is 28.5 Å². The number of carbonyl (C=O) groups excluding carboxylic acids is 1. The van der Waals surface area contributed by atoms with Gasteiger partial charge in [0, 0.05) is 40.9 Å². The number of esters is 1. The van der Waals surface area contributed by atoms with Gasteiger partial charge in [-0.1, -0.05) is 41.5 Å². The molecule has 1 saturated heterocycles. The van der Waals surface area contributed by atoms with Crippen molar-refractivity contribution in [3.63, 3.8) is 0 Å². The molecule has 2 aromatic heterocycles. The zero-order valence-electron chi connectivity index (χ0n) is 22.4. The van der Waals surface area contributed by atoms with Crippen LogP contribution < -0.4 is 4.90 Å². The SMILES string of the molecule is COC(=O)C1CN(c2cccc(-c3c(-c4ccsc4C#N)c4cc(C)ccc4n3[S+]([O-])c3ccc(C)cc3)c2)C1. The minimum atomic E-state index is -1.55. The molecule has 200 valence electrons. The molecule has 1 atom stereocenters. The number of fused-ring (bicyclic) bond motifs is 1. The molecule has 1 aliphatic rings. The Bertz CT molecular complexity index is 1780. The second kappa shape index (κ2) is 10.5. The van der Waals surface area contributed by atoms with Crippen LogP contribution in [0.2, 0.25) is 0 Å². The molecule has 1 aliphatic heterocycles. The third kappa shape index (κ3) is 4.46. The second-order valence-electron chi connectivity index (χ2n) is 10.1. The Kier molecular flexibility index (Phi) is 6.88. The highest BCUT2D eigenvalue weighted by atomic mass is 32.2. The van der Waals surface area contributed by atoms with E-state index in [0.29, 0.717) is 22.9 Å². The van der Waals surface area contributed by atoms with Crippen molar-refractivity contribution in [3.05, 3.63) is 94.2 Å². The standard InChI is InChI=1S/C32H27N3O3S2/c1-20-7-10-25(11-8-20)40(37)35-28-12-9-21(2)15-27(28)30(26-13-14-39-29(26)17-33)31(35)22-5-4-6-24(16-22)34-18-23(19-34)32(36)38-3/h4-16,23H,18-19H2,1-3H3. The Balaban J connectivity index is 1.59. The fraction of sp³-hybridized carbons (Fsp3) is 0.188. The van der Waals surface area contributed by atoms with E-state index in [-0.39, 0.29) is 11.9 Å². The lowest BCUT2D eigenvalue weighted by molar-refractivity contribution is -0.146. The van der Waals surface area contributed by atoms with Gasteiger partial charge in [-0.15, -0.1) is 11.3 Å². The number of hydrogen-bond acceptors (Lipinski definition) is 6. The summed E-state index contributed by atoms with van der Waals surface area (Å²) in [5.41, 5.74) is 7.39. The molecule has 0 amide bonds. The van der Waals surface area contributed by atoms with Gasteiger partial charge in [-0.2, -0.15) is 9.23 Å². The third-order valence-electron chi connectivity index (χ3n) is 7.41. The van der Waals surface area contributed by atoms with Crippen LogP contribution in [0.3, 0.4) is 0 Å². The normalized spacial score (nSPS) is 14.1. The van der Waals surface area contributed by atoms with Crippen LogP contribution in [-0.4, -0.2) is 34.7 Å². The van der Waals surface area contributed by atoms with Crippen LogP contribution in [0, 0.1) is 31.1 Å². The van der Waals surface area contributed by atoms with E-state index in [2.05, 4.69) is 23.1 Å². The van der Waals surface area contributed by atoms with E-state index >= 15 is 0 Å². The zero-order valence-corrected chi connectivity index (χ0v) is 24.0. The number of rotatable bonds is 6. The highest BCUT2D eigenvalue weighted by Crippen LogP contribution is 2.46. The summed E-state index contributed by atoms with van der Waals surface area (Å²) in [7, 11) is 1.42. The summed E-state index contributed by atoms with van der Waals surface area (Å²) in [5, 5.41) is 12.8. The Hall–Kier alpha value is -4.03. The number of benzene rings is 3. The molecule has 6 rings (SSSR count). The molecule has 0 N–H and O–H groups in total. The first-order valence-corrected chi connectivity index (χ1v) is 14.9. The van der Waals surface area contributed by atoms with Gasteiger partial charge in [0.1, 0.15) is 28.0 Å². The molecule has 0 spiro atoms. The molecule has 1 fully saturated rings.